The van der Waals surface area contributed by atoms with Gasteiger partial charge in [-0.1, -0.05) is 49.4 Å². The molecule has 0 N–H and O–H groups in total. The molecule has 2 aliphatic rings. The Labute approximate surface area is 174 Å². The van der Waals surface area contributed by atoms with Gasteiger partial charge in [-0.25, -0.2) is 5.01 Å². The molecule has 4 heteroatoms. The van der Waals surface area contributed by atoms with Crippen molar-refractivity contribution in [1.29, 1.82) is 0 Å². The molecule has 2 aliphatic heterocycles. The summed E-state index contributed by atoms with van der Waals surface area (Å²) < 4.78 is 0. The van der Waals surface area contributed by atoms with E-state index in [0.717, 1.165) is 42.3 Å². The van der Waals surface area contributed by atoms with Crippen LogP contribution in [0.1, 0.15) is 54.5 Å². The third-order valence-electron chi connectivity index (χ3n) is 6.43. The number of aryl methyl sites for hydroxylation is 2. The van der Waals surface area contributed by atoms with E-state index < -0.39 is 0 Å². The first-order chi connectivity index (χ1) is 14.0. The molecule has 0 unspecified atom stereocenters. The molecule has 0 aliphatic carbocycles. The van der Waals surface area contributed by atoms with Crippen molar-refractivity contribution in [1.82, 2.24) is 9.91 Å². The van der Waals surface area contributed by atoms with E-state index in [9.17, 15) is 4.79 Å². The lowest BCUT2D eigenvalue weighted by Gasteiger charge is -2.31. The van der Waals surface area contributed by atoms with Crippen LogP contribution in [0, 0.1) is 19.8 Å². The Hall–Kier alpha value is -2.46. The van der Waals surface area contributed by atoms with Gasteiger partial charge in [0.25, 0.3) is 5.91 Å². The van der Waals surface area contributed by atoms with Crippen molar-refractivity contribution < 1.29 is 4.79 Å². The second-order valence-corrected chi connectivity index (χ2v) is 8.67. The van der Waals surface area contributed by atoms with Crippen LogP contribution < -0.4 is 0 Å². The zero-order chi connectivity index (χ0) is 20.4. The van der Waals surface area contributed by atoms with E-state index in [1.807, 2.05) is 18.2 Å². The van der Waals surface area contributed by atoms with E-state index in [-0.39, 0.29) is 11.9 Å². The van der Waals surface area contributed by atoms with Gasteiger partial charge in [0, 0.05) is 6.42 Å². The number of amides is 1. The van der Waals surface area contributed by atoms with Gasteiger partial charge in [-0.15, -0.1) is 0 Å². The molecule has 152 valence electrons. The standard InChI is InChI=1S/C25H31N3O/c1-18-11-13-27(14-12-18)17-25(29)28-24(21-7-5-4-6-8-21)16-23(26-28)22-10-9-19(2)20(3)15-22/h4-10,15,18,24H,11-14,16-17H2,1-3H3/t24-/m1/s1. The van der Waals surface area contributed by atoms with Crippen LogP contribution in [0.2, 0.25) is 0 Å². The predicted octanol–water partition coefficient (Wildman–Crippen LogP) is 4.71. The van der Waals surface area contributed by atoms with Crippen molar-refractivity contribution >= 4 is 11.6 Å². The molecule has 1 atom stereocenters. The SMILES string of the molecule is Cc1ccc(C2=NN(C(=O)CN3CCC(C)CC3)[C@@H](c3ccccc3)C2)cc1C. The maximum atomic E-state index is 13.3. The number of rotatable bonds is 4. The Morgan fingerprint density at radius 2 is 1.76 bits per heavy atom. The van der Waals surface area contributed by atoms with Crippen molar-refractivity contribution in [3.05, 3.63) is 70.8 Å². The van der Waals surface area contributed by atoms with Crippen LogP contribution in [-0.4, -0.2) is 41.2 Å². The smallest absolute Gasteiger partial charge is 0.257 e. The fourth-order valence-corrected chi connectivity index (χ4v) is 4.25. The first-order valence-corrected chi connectivity index (χ1v) is 10.8. The minimum atomic E-state index is -0.0241. The molecule has 29 heavy (non-hydrogen) atoms. The van der Waals surface area contributed by atoms with Crippen molar-refractivity contribution in [2.45, 2.75) is 46.1 Å². The molecule has 1 saturated heterocycles. The minimum Gasteiger partial charge on any atom is -0.294 e. The van der Waals surface area contributed by atoms with Crippen LogP contribution in [0.25, 0.3) is 0 Å². The Morgan fingerprint density at radius 1 is 1.03 bits per heavy atom. The third-order valence-corrected chi connectivity index (χ3v) is 6.43. The summed E-state index contributed by atoms with van der Waals surface area (Å²) in [6.07, 6.45) is 3.11. The van der Waals surface area contributed by atoms with Gasteiger partial charge >= 0.3 is 0 Å². The summed E-state index contributed by atoms with van der Waals surface area (Å²) in [5.41, 5.74) is 5.81. The summed E-state index contributed by atoms with van der Waals surface area (Å²) in [4.78, 5) is 15.5. The highest BCUT2D eigenvalue weighted by Crippen LogP contribution is 2.33. The minimum absolute atomic E-state index is 0.0241. The summed E-state index contributed by atoms with van der Waals surface area (Å²) in [7, 11) is 0. The second kappa shape index (κ2) is 8.50. The summed E-state index contributed by atoms with van der Waals surface area (Å²) in [5, 5.41) is 6.59. The van der Waals surface area contributed by atoms with Gasteiger partial charge in [0.1, 0.15) is 0 Å². The van der Waals surface area contributed by atoms with Crippen LogP contribution in [0.3, 0.4) is 0 Å². The lowest BCUT2D eigenvalue weighted by atomic mass is 9.96. The molecule has 4 nitrogen and oxygen atoms in total. The summed E-state index contributed by atoms with van der Waals surface area (Å²) in [6, 6.07) is 16.7. The predicted molar refractivity (Wildman–Crippen MR) is 118 cm³/mol. The van der Waals surface area contributed by atoms with E-state index in [0.29, 0.717) is 6.54 Å². The number of hydrogen-bond acceptors (Lipinski definition) is 3. The second-order valence-electron chi connectivity index (χ2n) is 8.67. The molecule has 2 aromatic rings. The lowest BCUT2D eigenvalue weighted by Crippen LogP contribution is -2.41. The average molecular weight is 390 g/mol. The normalized spacial score (nSPS) is 20.7. The van der Waals surface area contributed by atoms with Gasteiger partial charge in [-0.05, 0) is 74.0 Å². The summed E-state index contributed by atoms with van der Waals surface area (Å²) >= 11 is 0. The van der Waals surface area contributed by atoms with Crippen molar-refractivity contribution in [3.8, 4) is 0 Å². The largest absolute Gasteiger partial charge is 0.294 e. The lowest BCUT2D eigenvalue weighted by molar-refractivity contribution is -0.134. The van der Waals surface area contributed by atoms with Crippen molar-refractivity contribution in [2.24, 2.45) is 11.0 Å². The van der Waals surface area contributed by atoms with Gasteiger partial charge in [0.15, 0.2) is 0 Å². The molecule has 1 fully saturated rings. The molecular formula is C25H31N3O. The average Bonchev–Trinajstić information content (AvgIpc) is 3.18. The van der Waals surface area contributed by atoms with Crippen molar-refractivity contribution in [2.75, 3.05) is 19.6 Å². The fourth-order valence-electron chi connectivity index (χ4n) is 4.25. The quantitative estimate of drug-likeness (QED) is 0.759. The number of hydrazone groups is 1. The monoisotopic (exact) mass is 389 g/mol. The van der Waals surface area contributed by atoms with E-state index >= 15 is 0 Å². The molecule has 0 aromatic heterocycles. The van der Waals surface area contributed by atoms with E-state index in [4.69, 9.17) is 5.10 Å². The number of carbonyl (C=O) groups excluding carboxylic acids is 1. The molecule has 2 aromatic carbocycles. The molecule has 0 saturated carbocycles. The highest BCUT2D eigenvalue weighted by Gasteiger charge is 2.34. The topological polar surface area (TPSA) is 35.9 Å². The van der Waals surface area contributed by atoms with Gasteiger partial charge < -0.3 is 0 Å². The van der Waals surface area contributed by atoms with Gasteiger partial charge in [0.2, 0.25) is 0 Å². The van der Waals surface area contributed by atoms with Crippen LogP contribution in [0.5, 0.6) is 0 Å². The Bertz CT molecular complexity index is 898. The molecule has 4 rings (SSSR count). The van der Waals surface area contributed by atoms with Crippen LogP contribution >= 0.6 is 0 Å². The molecule has 0 spiro atoms. The third kappa shape index (κ3) is 4.43. The number of nitrogens with zero attached hydrogens (tertiary/aromatic N) is 3. The Balaban J connectivity index is 1.58. The van der Waals surface area contributed by atoms with Gasteiger partial charge in [-0.2, -0.15) is 5.10 Å². The van der Waals surface area contributed by atoms with E-state index in [1.165, 1.54) is 24.0 Å². The first kappa shape index (κ1) is 19.8. The molecule has 2 heterocycles. The zero-order valence-corrected chi connectivity index (χ0v) is 17.8. The van der Waals surface area contributed by atoms with Gasteiger partial charge in [0.05, 0.1) is 18.3 Å². The Kier molecular flexibility index (Phi) is 5.81. The maximum absolute atomic E-state index is 13.3. The Morgan fingerprint density at radius 3 is 2.45 bits per heavy atom. The molecule has 0 bridgehead atoms. The van der Waals surface area contributed by atoms with Crippen molar-refractivity contribution in [3.63, 3.8) is 0 Å². The summed E-state index contributed by atoms with van der Waals surface area (Å²) in [6.45, 7) is 9.01. The van der Waals surface area contributed by atoms with E-state index in [2.05, 4.69) is 56.0 Å². The first-order valence-electron chi connectivity index (χ1n) is 10.8. The highest BCUT2D eigenvalue weighted by molar-refractivity contribution is 6.03. The maximum Gasteiger partial charge on any atom is 0.257 e. The number of carbonyl (C=O) groups is 1. The van der Waals surface area contributed by atoms with E-state index in [1.54, 1.807) is 5.01 Å². The zero-order valence-electron chi connectivity index (χ0n) is 17.8. The number of piperidine rings is 1. The molecule has 0 radical (unpaired) electrons. The highest BCUT2D eigenvalue weighted by atomic mass is 16.2. The van der Waals surface area contributed by atoms with Crippen LogP contribution in [0.4, 0.5) is 0 Å². The van der Waals surface area contributed by atoms with Crippen LogP contribution in [-0.2, 0) is 4.79 Å². The van der Waals surface area contributed by atoms with Gasteiger partial charge in [-0.3, -0.25) is 9.69 Å². The number of likely N-dealkylation sites (tertiary alicyclic amines) is 1. The van der Waals surface area contributed by atoms with Crippen LogP contribution in [0.15, 0.2) is 53.6 Å². The number of hydrogen-bond donors (Lipinski definition) is 0. The summed E-state index contributed by atoms with van der Waals surface area (Å²) in [5.74, 6) is 0.867. The molecule has 1 amide bonds. The fraction of sp³-hybridized carbons (Fsp3) is 0.440. The molecular weight excluding hydrogens is 358 g/mol. The number of benzene rings is 2.